The number of halogens is 6. The number of aliphatic hydroxyl groups excluding tert-OH is 1. The van der Waals surface area contributed by atoms with Crippen molar-refractivity contribution < 1.29 is 50.9 Å². The van der Waals surface area contributed by atoms with E-state index >= 15 is 0 Å². The molecule has 1 saturated carbocycles. The van der Waals surface area contributed by atoms with Gasteiger partial charge in [0.05, 0.1) is 41.2 Å². The van der Waals surface area contributed by atoms with Gasteiger partial charge in [-0.2, -0.15) is 26.3 Å². The number of benzene rings is 1. The molecule has 0 bridgehead atoms. The highest BCUT2D eigenvalue weighted by atomic mass is 19.4. The van der Waals surface area contributed by atoms with Gasteiger partial charge in [-0.1, -0.05) is 13.8 Å². The molecule has 2 aliphatic heterocycles. The lowest BCUT2D eigenvalue weighted by Gasteiger charge is -2.47. The number of aliphatic hydroxyl groups is 1. The lowest BCUT2D eigenvalue weighted by molar-refractivity contribution is -0.144. The minimum Gasteiger partial charge on any atom is -0.481 e. The molecule has 3 aliphatic rings. The number of hydrogen-bond donors (Lipinski definition) is 2. The van der Waals surface area contributed by atoms with Crippen LogP contribution in [0, 0.1) is 5.92 Å². The van der Waals surface area contributed by atoms with Crippen molar-refractivity contribution in [2.75, 3.05) is 22.9 Å². The van der Waals surface area contributed by atoms with Crippen molar-refractivity contribution in [3.05, 3.63) is 47.3 Å². The Morgan fingerprint density at radius 1 is 0.900 bits per heavy atom. The quantitative estimate of drug-likeness (QED) is 0.268. The number of aromatic nitrogens is 2. The lowest BCUT2D eigenvalue weighted by atomic mass is 9.87. The monoisotopic (exact) mass is 715 g/mol. The normalized spacial score (nSPS) is 26.2. The van der Waals surface area contributed by atoms with E-state index in [0.717, 1.165) is 0 Å². The average molecular weight is 716 g/mol. The van der Waals surface area contributed by atoms with Crippen molar-refractivity contribution in [3.8, 4) is 0 Å². The van der Waals surface area contributed by atoms with E-state index in [0.29, 0.717) is 88.7 Å². The molecule has 2 aromatic rings. The minimum absolute atomic E-state index is 0.0993. The van der Waals surface area contributed by atoms with Crippen LogP contribution in [-0.2, 0) is 28.4 Å². The van der Waals surface area contributed by atoms with Gasteiger partial charge in [0.2, 0.25) is 5.95 Å². The van der Waals surface area contributed by atoms with Gasteiger partial charge in [-0.05, 0) is 81.5 Å². The molecule has 5 rings (SSSR count). The summed E-state index contributed by atoms with van der Waals surface area (Å²) in [5.41, 5.74) is -2.43. The number of likely N-dealkylation sites (tertiary alicyclic amines) is 1. The highest BCUT2D eigenvalue weighted by Crippen LogP contribution is 2.39. The second kappa shape index (κ2) is 15.2. The van der Waals surface area contributed by atoms with E-state index in [1.165, 1.54) is 12.4 Å². The fourth-order valence-electron chi connectivity index (χ4n) is 7.43. The molecule has 3 fully saturated rings. The number of piperidine rings is 1. The molecule has 1 amide bonds. The van der Waals surface area contributed by atoms with Crippen LogP contribution in [0.15, 0.2) is 30.6 Å². The molecule has 1 aromatic carbocycles. The Labute approximate surface area is 286 Å². The van der Waals surface area contributed by atoms with Gasteiger partial charge in [-0.3, -0.25) is 4.79 Å². The summed E-state index contributed by atoms with van der Waals surface area (Å²) < 4.78 is 88.7. The zero-order valence-corrected chi connectivity index (χ0v) is 28.0. The molecular weight excluding hydrogens is 672 g/mol. The van der Waals surface area contributed by atoms with Crippen molar-refractivity contribution in [1.29, 1.82) is 0 Å². The SMILES string of the molecule is CC[C@@H]1C[C@H](N(Cc2cc(C(F)(F)F)cc(C(F)(F)F)c2)c2ncc(N3CC[C@H](O)C3)cn2)C[C@H](CC)N1C(=O)O[C@H]1CC[C@H](C(=O)O)CC1. The molecule has 0 radical (unpaired) electrons. The number of carbonyl (C=O) groups excluding carboxylic acids is 1. The number of rotatable bonds is 9. The first-order valence-electron chi connectivity index (χ1n) is 17.1. The standard InChI is InChI=1S/C34H43F6N5O5/c1-3-24-14-26(15-25(4-2)45(24)32(49)50-29-7-5-21(6-8-29)30(47)48)44(31-41-16-27(17-42-31)43-10-9-28(46)19-43)18-20-11-22(33(35,36)37)13-23(12-20)34(38,39)40/h11-13,16-17,21,24-26,28-29,46H,3-10,14-15,18-19H2,1-2H3,(H,47,48)/t21-,24-,25+,26+,28-,29-/m0/s1. The number of anilines is 2. The number of carboxylic acid groups (broad SMARTS) is 1. The first kappa shape index (κ1) is 37.4. The highest BCUT2D eigenvalue weighted by molar-refractivity contribution is 5.70. The van der Waals surface area contributed by atoms with Gasteiger partial charge >= 0.3 is 24.4 Å². The summed E-state index contributed by atoms with van der Waals surface area (Å²) >= 11 is 0. The Kier molecular flexibility index (Phi) is 11.4. The van der Waals surface area contributed by atoms with E-state index in [4.69, 9.17) is 4.74 Å². The second-order valence-corrected chi connectivity index (χ2v) is 13.5. The predicted molar refractivity (Wildman–Crippen MR) is 170 cm³/mol. The molecule has 1 aromatic heterocycles. The van der Waals surface area contributed by atoms with Crippen LogP contribution in [0.2, 0.25) is 0 Å². The molecule has 3 heterocycles. The summed E-state index contributed by atoms with van der Waals surface area (Å²) in [5, 5.41) is 19.3. The molecule has 16 heteroatoms. The second-order valence-electron chi connectivity index (χ2n) is 13.5. The molecule has 2 saturated heterocycles. The van der Waals surface area contributed by atoms with Gasteiger partial charge in [-0.15, -0.1) is 0 Å². The lowest BCUT2D eigenvalue weighted by Crippen LogP contribution is -2.57. The van der Waals surface area contributed by atoms with Crippen molar-refractivity contribution in [1.82, 2.24) is 14.9 Å². The Morgan fingerprint density at radius 2 is 1.46 bits per heavy atom. The minimum atomic E-state index is -5.02. The van der Waals surface area contributed by atoms with Crippen molar-refractivity contribution >= 4 is 23.7 Å². The predicted octanol–water partition coefficient (Wildman–Crippen LogP) is 6.89. The van der Waals surface area contributed by atoms with E-state index in [2.05, 4.69) is 9.97 Å². The molecule has 0 spiro atoms. The van der Waals surface area contributed by atoms with E-state index in [9.17, 15) is 46.1 Å². The smallest absolute Gasteiger partial charge is 0.416 e. The van der Waals surface area contributed by atoms with E-state index in [1.54, 1.807) is 9.80 Å². The Bertz CT molecular complexity index is 1440. The fourth-order valence-corrected chi connectivity index (χ4v) is 7.43. The van der Waals surface area contributed by atoms with Gasteiger partial charge in [0.1, 0.15) is 6.10 Å². The van der Waals surface area contributed by atoms with Crippen LogP contribution in [-0.4, -0.2) is 80.6 Å². The zero-order chi connectivity index (χ0) is 36.4. The number of carboxylic acids is 1. The topological polar surface area (TPSA) is 119 Å². The number of β-amino-alcohol motifs (C(OH)–C–C–N with tert-alkyl or cyclic N) is 1. The maximum absolute atomic E-state index is 13.8. The number of ether oxygens (including phenoxy) is 1. The summed E-state index contributed by atoms with van der Waals surface area (Å²) in [5.74, 6) is -1.23. The van der Waals surface area contributed by atoms with Crippen LogP contribution in [0.5, 0.6) is 0 Å². The third kappa shape index (κ3) is 8.72. The molecule has 4 atom stereocenters. The van der Waals surface area contributed by atoms with E-state index in [1.807, 2.05) is 18.7 Å². The maximum Gasteiger partial charge on any atom is 0.416 e. The summed E-state index contributed by atoms with van der Waals surface area (Å²) in [6.45, 7) is 4.37. The number of nitrogens with zero attached hydrogens (tertiary/aromatic N) is 5. The first-order chi connectivity index (χ1) is 23.6. The van der Waals surface area contributed by atoms with Crippen LogP contribution < -0.4 is 9.80 Å². The molecule has 50 heavy (non-hydrogen) atoms. The van der Waals surface area contributed by atoms with Crippen molar-refractivity contribution in [3.63, 3.8) is 0 Å². The van der Waals surface area contributed by atoms with E-state index in [-0.39, 0.29) is 36.2 Å². The first-order valence-corrected chi connectivity index (χ1v) is 17.1. The van der Waals surface area contributed by atoms with Gasteiger partial charge in [-0.25, -0.2) is 14.8 Å². The third-order valence-corrected chi connectivity index (χ3v) is 10.2. The number of alkyl halides is 6. The average Bonchev–Trinajstić information content (AvgIpc) is 3.52. The third-order valence-electron chi connectivity index (χ3n) is 10.2. The van der Waals surface area contributed by atoms with Crippen LogP contribution in [0.3, 0.4) is 0 Å². The number of amides is 1. The molecule has 1 aliphatic carbocycles. The van der Waals surface area contributed by atoms with Crippen LogP contribution in [0.4, 0.5) is 42.8 Å². The Hall–Kier alpha value is -3.82. The van der Waals surface area contributed by atoms with Crippen molar-refractivity contribution in [2.45, 2.75) is 121 Å². The van der Waals surface area contributed by atoms with Gasteiger partial charge < -0.3 is 29.6 Å². The number of aliphatic carboxylic acids is 1. The summed E-state index contributed by atoms with van der Waals surface area (Å²) in [6.07, 6.45) is -4.55. The summed E-state index contributed by atoms with van der Waals surface area (Å²) in [6, 6.07) is 0.305. The number of hydrogen-bond acceptors (Lipinski definition) is 8. The molecule has 2 N–H and O–H groups in total. The van der Waals surface area contributed by atoms with Gasteiger partial charge in [0.25, 0.3) is 0 Å². The van der Waals surface area contributed by atoms with Crippen LogP contribution in [0.25, 0.3) is 0 Å². The summed E-state index contributed by atoms with van der Waals surface area (Å²) in [4.78, 5) is 39.2. The van der Waals surface area contributed by atoms with Crippen LogP contribution >= 0.6 is 0 Å². The maximum atomic E-state index is 13.8. The van der Waals surface area contributed by atoms with Crippen molar-refractivity contribution in [2.24, 2.45) is 5.92 Å². The fraction of sp³-hybridized carbons (Fsp3) is 0.647. The zero-order valence-electron chi connectivity index (χ0n) is 28.0. The van der Waals surface area contributed by atoms with E-state index < -0.39 is 59.7 Å². The Morgan fingerprint density at radius 3 is 1.92 bits per heavy atom. The highest BCUT2D eigenvalue weighted by Gasteiger charge is 2.42. The Balaban J connectivity index is 1.44. The van der Waals surface area contributed by atoms with Crippen LogP contribution in [0.1, 0.15) is 88.3 Å². The van der Waals surface area contributed by atoms with Gasteiger partial charge in [0, 0.05) is 37.8 Å². The largest absolute Gasteiger partial charge is 0.481 e. The number of carbonyl (C=O) groups is 2. The molecule has 10 nitrogen and oxygen atoms in total. The summed E-state index contributed by atoms with van der Waals surface area (Å²) in [7, 11) is 0. The molecule has 0 unspecified atom stereocenters. The molecule has 276 valence electrons. The van der Waals surface area contributed by atoms with Gasteiger partial charge in [0.15, 0.2) is 0 Å². The molecular formula is C34H43F6N5O5.